The van der Waals surface area contributed by atoms with Gasteiger partial charge >= 0.3 is 0 Å². The van der Waals surface area contributed by atoms with Gasteiger partial charge in [-0.1, -0.05) is 24.6 Å². The van der Waals surface area contributed by atoms with Crippen LogP contribution >= 0.6 is 0 Å². The van der Waals surface area contributed by atoms with E-state index in [1.807, 2.05) is 6.92 Å². The third kappa shape index (κ3) is 4.03. The zero-order chi connectivity index (χ0) is 20.8. The summed E-state index contributed by atoms with van der Waals surface area (Å²) in [5, 5.41) is 0. The predicted octanol–water partition coefficient (Wildman–Crippen LogP) is 4.38. The first-order valence-electron chi connectivity index (χ1n) is 11.8. The molecule has 0 aromatic heterocycles. The van der Waals surface area contributed by atoms with E-state index in [0.717, 1.165) is 63.5 Å². The van der Waals surface area contributed by atoms with E-state index in [1.54, 1.807) is 0 Å². The van der Waals surface area contributed by atoms with Crippen LogP contribution in [0.4, 0.5) is 0 Å². The summed E-state index contributed by atoms with van der Waals surface area (Å²) in [7, 11) is -3.29. The van der Waals surface area contributed by atoms with E-state index in [2.05, 4.69) is 29.0 Å². The van der Waals surface area contributed by atoms with Crippen molar-refractivity contribution >= 4 is 10.0 Å². The van der Waals surface area contributed by atoms with Crippen LogP contribution in [0.3, 0.4) is 0 Å². The Balaban J connectivity index is 1.39. The first-order chi connectivity index (χ1) is 14.5. The molecule has 5 nitrogen and oxygen atoms in total. The van der Waals surface area contributed by atoms with Gasteiger partial charge in [-0.05, 0) is 81.8 Å². The van der Waals surface area contributed by atoms with Gasteiger partial charge in [-0.3, -0.25) is 0 Å². The molecule has 6 heteroatoms. The Labute approximate surface area is 181 Å². The van der Waals surface area contributed by atoms with Crippen LogP contribution in [0.25, 0.3) is 0 Å². The fraction of sp³-hybridized carbons (Fsp3) is 0.750. The van der Waals surface area contributed by atoms with E-state index >= 15 is 0 Å². The molecule has 3 aliphatic carbocycles. The maximum Gasteiger partial charge on any atom is 0.217 e. The topological polar surface area (TPSA) is 64.6 Å². The summed E-state index contributed by atoms with van der Waals surface area (Å²) >= 11 is 0. The molecule has 166 valence electrons. The molecule has 1 unspecified atom stereocenters. The fourth-order valence-corrected chi connectivity index (χ4v) is 7.30. The molecule has 0 spiro atoms. The molecule has 30 heavy (non-hydrogen) atoms. The van der Waals surface area contributed by atoms with Gasteiger partial charge in [0.1, 0.15) is 5.75 Å². The van der Waals surface area contributed by atoms with Crippen molar-refractivity contribution < 1.29 is 17.9 Å². The van der Waals surface area contributed by atoms with Crippen LogP contribution in [0.5, 0.6) is 5.75 Å². The highest BCUT2D eigenvalue weighted by atomic mass is 32.2. The highest BCUT2D eigenvalue weighted by molar-refractivity contribution is 7.91. The van der Waals surface area contributed by atoms with Crippen LogP contribution in [-0.4, -0.2) is 38.5 Å². The maximum atomic E-state index is 12.9. The Morgan fingerprint density at radius 2 is 1.77 bits per heavy atom. The number of benzene rings is 1. The summed E-state index contributed by atoms with van der Waals surface area (Å²) in [5.74, 6) is 2.06. The normalized spacial score (nSPS) is 35.8. The molecule has 0 saturated heterocycles. The Hall–Kier alpha value is -1.11. The lowest BCUT2D eigenvalue weighted by atomic mass is 9.76. The number of nitrogens with one attached hydrogen (secondary N) is 1. The van der Waals surface area contributed by atoms with Crippen LogP contribution in [0.2, 0.25) is 0 Å². The minimum absolute atomic E-state index is 0.0516. The lowest BCUT2D eigenvalue weighted by molar-refractivity contribution is -0.0298. The zero-order valence-corrected chi connectivity index (χ0v) is 18.8. The zero-order valence-electron chi connectivity index (χ0n) is 18.0. The van der Waals surface area contributed by atoms with E-state index in [0.29, 0.717) is 31.2 Å². The number of hydrogen-bond acceptors (Lipinski definition) is 4. The molecule has 3 atom stereocenters. The van der Waals surface area contributed by atoms with Crippen molar-refractivity contribution in [3.05, 3.63) is 29.8 Å². The fourth-order valence-electron chi connectivity index (χ4n) is 5.68. The average molecular weight is 434 g/mol. The Morgan fingerprint density at radius 1 is 1.00 bits per heavy atom. The SMILES string of the molecule is CC1(S(=O)(=O)N[C@H]2CCCC3COc4ccccc4[C@H]4CC[C@H](CC4)OC[C@H]32)CC1. The molecule has 2 bridgehead atoms. The molecule has 1 N–H and O–H groups in total. The quantitative estimate of drug-likeness (QED) is 0.768. The summed E-state index contributed by atoms with van der Waals surface area (Å²) in [4.78, 5) is 0. The number of sulfonamides is 1. The largest absolute Gasteiger partial charge is 0.493 e. The highest BCUT2D eigenvalue weighted by Gasteiger charge is 2.51. The molecule has 6 rings (SSSR count). The third-order valence-electron chi connectivity index (χ3n) is 8.13. The van der Waals surface area contributed by atoms with Crippen LogP contribution in [0.15, 0.2) is 24.3 Å². The van der Waals surface area contributed by atoms with Crippen molar-refractivity contribution in [2.75, 3.05) is 13.2 Å². The Morgan fingerprint density at radius 3 is 2.53 bits per heavy atom. The second-order valence-corrected chi connectivity index (χ2v) is 12.4. The summed E-state index contributed by atoms with van der Waals surface area (Å²) < 4.78 is 41.2. The van der Waals surface area contributed by atoms with Crippen molar-refractivity contribution in [2.24, 2.45) is 11.8 Å². The smallest absolute Gasteiger partial charge is 0.217 e. The number of fused-ring (bicyclic) bond motifs is 4. The third-order valence-corrected chi connectivity index (χ3v) is 10.5. The first-order valence-corrected chi connectivity index (χ1v) is 13.3. The Kier molecular flexibility index (Phi) is 5.61. The molecule has 3 fully saturated rings. The Bertz CT molecular complexity index is 858. The van der Waals surface area contributed by atoms with Gasteiger partial charge in [0.25, 0.3) is 0 Å². The van der Waals surface area contributed by atoms with E-state index < -0.39 is 14.8 Å². The molecule has 0 radical (unpaired) electrons. The predicted molar refractivity (Wildman–Crippen MR) is 117 cm³/mol. The van der Waals surface area contributed by atoms with Crippen molar-refractivity contribution in [1.29, 1.82) is 0 Å². The van der Waals surface area contributed by atoms with Gasteiger partial charge in [-0.15, -0.1) is 0 Å². The maximum absolute atomic E-state index is 12.9. The molecule has 1 aromatic rings. The van der Waals surface area contributed by atoms with Crippen molar-refractivity contribution in [3.63, 3.8) is 0 Å². The van der Waals surface area contributed by atoms with Gasteiger partial charge in [-0.25, -0.2) is 13.1 Å². The molecular weight excluding hydrogens is 398 g/mol. The molecule has 1 aromatic carbocycles. The lowest BCUT2D eigenvalue weighted by Gasteiger charge is -2.40. The van der Waals surface area contributed by atoms with Gasteiger partial charge in [0.15, 0.2) is 0 Å². The molecule has 0 amide bonds. The van der Waals surface area contributed by atoms with Crippen LogP contribution in [0.1, 0.15) is 76.2 Å². The van der Waals surface area contributed by atoms with E-state index in [4.69, 9.17) is 9.47 Å². The van der Waals surface area contributed by atoms with E-state index in [1.165, 1.54) is 5.56 Å². The van der Waals surface area contributed by atoms with Gasteiger partial charge < -0.3 is 9.47 Å². The molecule has 2 aliphatic heterocycles. The minimum atomic E-state index is -3.29. The van der Waals surface area contributed by atoms with Crippen LogP contribution < -0.4 is 9.46 Å². The lowest BCUT2D eigenvalue weighted by Crippen LogP contribution is -2.51. The standard InChI is InChI=1S/C24H35NO4S/c1-24(13-14-24)30(26,27)25-22-7-4-5-18-15-29-23-8-3-2-6-20(23)17-9-11-19(12-10-17)28-16-21(18)22/h2-3,6,8,17-19,21-22,25H,4-5,7,9-16H2,1H3/t17-,18?,19+,21-,22+/m1/s1. The molecule has 5 aliphatic rings. The van der Waals surface area contributed by atoms with E-state index in [-0.39, 0.29) is 12.0 Å². The summed E-state index contributed by atoms with van der Waals surface area (Å²) in [5.41, 5.74) is 1.34. The molecular formula is C24H35NO4S. The van der Waals surface area contributed by atoms with Crippen molar-refractivity contribution in [2.45, 2.75) is 87.5 Å². The number of rotatable bonds is 3. The monoisotopic (exact) mass is 433 g/mol. The van der Waals surface area contributed by atoms with Gasteiger partial charge in [0.2, 0.25) is 10.0 Å². The number of hydrogen-bond donors (Lipinski definition) is 1. The van der Waals surface area contributed by atoms with Gasteiger partial charge in [0.05, 0.1) is 24.1 Å². The molecule has 3 saturated carbocycles. The average Bonchev–Trinajstić information content (AvgIpc) is 3.50. The summed E-state index contributed by atoms with van der Waals surface area (Å²) in [6, 6.07) is 8.45. The first kappa shape index (κ1) is 20.8. The van der Waals surface area contributed by atoms with Crippen LogP contribution in [0, 0.1) is 11.8 Å². The summed E-state index contributed by atoms with van der Waals surface area (Å²) in [6.45, 7) is 3.14. The van der Waals surface area contributed by atoms with Crippen molar-refractivity contribution in [1.82, 2.24) is 4.72 Å². The number of para-hydroxylation sites is 1. The van der Waals surface area contributed by atoms with E-state index in [9.17, 15) is 8.42 Å². The highest BCUT2D eigenvalue weighted by Crippen LogP contribution is 2.44. The second kappa shape index (κ2) is 8.10. The summed E-state index contributed by atoms with van der Waals surface area (Å²) in [6.07, 6.45) is 9.24. The second-order valence-electron chi connectivity index (χ2n) is 10.2. The van der Waals surface area contributed by atoms with Gasteiger partial charge in [-0.2, -0.15) is 0 Å². The van der Waals surface area contributed by atoms with Crippen LogP contribution in [-0.2, 0) is 14.8 Å². The van der Waals surface area contributed by atoms with Crippen molar-refractivity contribution in [3.8, 4) is 5.75 Å². The molecule has 2 heterocycles. The minimum Gasteiger partial charge on any atom is -0.493 e. The number of ether oxygens (including phenoxy) is 2. The van der Waals surface area contributed by atoms with Gasteiger partial charge in [0, 0.05) is 12.0 Å².